The summed E-state index contributed by atoms with van der Waals surface area (Å²) >= 11 is 0. The predicted octanol–water partition coefficient (Wildman–Crippen LogP) is 11.3. The highest BCUT2D eigenvalue weighted by Crippen LogP contribution is 2.50. The summed E-state index contributed by atoms with van der Waals surface area (Å²) in [5, 5.41) is 9.06. The molecule has 0 atom stereocenters. The minimum atomic E-state index is 0.487. The third-order valence-electron chi connectivity index (χ3n) is 7.96. The van der Waals surface area contributed by atoms with Crippen LogP contribution in [0.1, 0.15) is 152 Å². The molecular formula is C34H46. The molecule has 0 saturated heterocycles. The molecule has 0 bridgehead atoms. The molecule has 4 aromatic carbocycles. The van der Waals surface area contributed by atoms with Gasteiger partial charge in [0.2, 0.25) is 0 Å². The van der Waals surface area contributed by atoms with Gasteiger partial charge >= 0.3 is 0 Å². The molecule has 182 valence electrons. The van der Waals surface area contributed by atoms with Gasteiger partial charge in [-0.25, -0.2) is 0 Å². The van der Waals surface area contributed by atoms with Gasteiger partial charge < -0.3 is 0 Å². The predicted molar refractivity (Wildman–Crippen MR) is 155 cm³/mol. The molecule has 0 unspecified atom stereocenters. The molecule has 0 aromatic heterocycles. The van der Waals surface area contributed by atoms with Crippen LogP contribution in [0.15, 0.2) is 24.3 Å². The third kappa shape index (κ3) is 3.73. The molecule has 0 aliphatic heterocycles. The Hall–Kier alpha value is -2.08. The van der Waals surface area contributed by atoms with E-state index in [4.69, 9.17) is 0 Å². The molecule has 0 spiro atoms. The van der Waals surface area contributed by atoms with Crippen molar-refractivity contribution in [2.75, 3.05) is 0 Å². The van der Waals surface area contributed by atoms with Gasteiger partial charge in [0.25, 0.3) is 0 Å². The average molecular weight is 455 g/mol. The number of hydrogen-bond donors (Lipinski definition) is 0. The smallest absolute Gasteiger partial charge is 0.00204 e. The van der Waals surface area contributed by atoms with Crippen LogP contribution in [-0.2, 0) is 0 Å². The van der Waals surface area contributed by atoms with Crippen molar-refractivity contribution in [3.05, 3.63) is 57.6 Å². The van der Waals surface area contributed by atoms with E-state index in [1.54, 1.807) is 22.3 Å². The maximum Gasteiger partial charge on any atom is -0.00204 e. The van der Waals surface area contributed by atoms with Crippen LogP contribution in [0.5, 0.6) is 0 Å². The highest BCUT2D eigenvalue weighted by atomic mass is 14.3. The van der Waals surface area contributed by atoms with Crippen molar-refractivity contribution in [2.45, 2.75) is 119 Å². The standard InChI is InChI=1S/C34H46/c1-17(2)23-13-25-29(19(5)6)31(21(9)10)27-15-24(18(3)4)16-28-32(22(11)12)30(20(7)8)26(14-23)33(25)34(27)28/h13-22H,1-12H3. The first-order chi connectivity index (χ1) is 15.9. The van der Waals surface area contributed by atoms with E-state index in [2.05, 4.69) is 107 Å². The summed E-state index contributed by atoms with van der Waals surface area (Å²) in [6.07, 6.45) is 0. The molecule has 0 radical (unpaired) electrons. The fourth-order valence-electron chi connectivity index (χ4n) is 6.45. The maximum absolute atomic E-state index is 2.54. The maximum atomic E-state index is 2.54. The van der Waals surface area contributed by atoms with Crippen molar-refractivity contribution in [2.24, 2.45) is 0 Å². The van der Waals surface area contributed by atoms with Crippen molar-refractivity contribution in [3.8, 4) is 0 Å². The van der Waals surface area contributed by atoms with Gasteiger partial charge in [-0.1, -0.05) is 107 Å². The summed E-state index contributed by atoms with van der Waals surface area (Å²) in [5.41, 5.74) is 9.24. The third-order valence-corrected chi connectivity index (χ3v) is 7.96. The van der Waals surface area contributed by atoms with Crippen molar-refractivity contribution in [1.82, 2.24) is 0 Å². The van der Waals surface area contributed by atoms with Gasteiger partial charge in [0.15, 0.2) is 0 Å². The van der Waals surface area contributed by atoms with Gasteiger partial charge in [0.05, 0.1) is 0 Å². The van der Waals surface area contributed by atoms with E-state index < -0.39 is 0 Å². The van der Waals surface area contributed by atoms with Crippen LogP contribution in [0.2, 0.25) is 0 Å². The fraction of sp³-hybridized carbons (Fsp3) is 0.529. The van der Waals surface area contributed by atoms with Crippen molar-refractivity contribution in [1.29, 1.82) is 0 Å². The molecule has 4 rings (SSSR count). The van der Waals surface area contributed by atoms with Crippen LogP contribution in [0, 0.1) is 0 Å². The summed E-state index contributed by atoms with van der Waals surface area (Å²) in [5.74, 6) is 2.98. The highest BCUT2D eigenvalue weighted by Gasteiger charge is 2.27. The van der Waals surface area contributed by atoms with E-state index in [0.717, 1.165) is 0 Å². The molecule has 0 saturated carbocycles. The quantitative estimate of drug-likeness (QED) is 0.254. The van der Waals surface area contributed by atoms with Crippen LogP contribution in [0.4, 0.5) is 0 Å². The lowest BCUT2D eigenvalue weighted by Crippen LogP contribution is -2.09. The van der Waals surface area contributed by atoms with E-state index in [-0.39, 0.29) is 0 Å². The van der Waals surface area contributed by atoms with Gasteiger partial charge in [0.1, 0.15) is 0 Å². The second kappa shape index (κ2) is 8.85. The number of rotatable bonds is 6. The minimum absolute atomic E-state index is 0.487. The van der Waals surface area contributed by atoms with E-state index in [0.29, 0.717) is 35.5 Å². The normalized spacial score (nSPS) is 13.1. The molecule has 0 nitrogen and oxygen atoms in total. The Labute approximate surface area is 208 Å². The first-order valence-electron chi connectivity index (χ1n) is 13.7. The molecule has 0 N–H and O–H groups in total. The number of benzene rings is 4. The van der Waals surface area contributed by atoms with E-state index in [9.17, 15) is 0 Å². The second-order valence-corrected chi connectivity index (χ2v) is 12.6. The summed E-state index contributed by atoms with van der Waals surface area (Å²) in [7, 11) is 0. The Morgan fingerprint density at radius 1 is 0.324 bits per heavy atom. The van der Waals surface area contributed by atoms with Gasteiger partial charge in [-0.2, -0.15) is 0 Å². The topological polar surface area (TPSA) is 0 Å². The summed E-state index contributed by atoms with van der Waals surface area (Å²) in [6.45, 7) is 28.5. The van der Waals surface area contributed by atoms with E-state index in [1.807, 2.05) is 0 Å². The molecule has 0 amide bonds. The molecule has 4 aromatic rings. The fourth-order valence-corrected chi connectivity index (χ4v) is 6.45. The van der Waals surface area contributed by atoms with E-state index >= 15 is 0 Å². The summed E-state index contributed by atoms with van der Waals surface area (Å²) in [4.78, 5) is 0. The molecule has 34 heavy (non-hydrogen) atoms. The van der Waals surface area contributed by atoms with Crippen LogP contribution in [-0.4, -0.2) is 0 Å². The Kier molecular flexibility index (Phi) is 6.52. The van der Waals surface area contributed by atoms with Crippen LogP contribution >= 0.6 is 0 Å². The second-order valence-electron chi connectivity index (χ2n) is 12.6. The zero-order chi connectivity index (χ0) is 25.2. The zero-order valence-electron chi connectivity index (χ0n) is 23.8. The molecule has 0 heteroatoms. The van der Waals surface area contributed by atoms with Crippen molar-refractivity contribution in [3.63, 3.8) is 0 Å². The van der Waals surface area contributed by atoms with Gasteiger partial charge in [-0.3, -0.25) is 0 Å². The van der Waals surface area contributed by atoms with Crippen LogP contribution < -0.4 is 0 Å². The molecule has 0 aliphatic rings. The van der Waals surface area contributed by atoms with E-state index in [1.165, 1.54) is 43.4 Å². The van der Waals surface area contributed by atoms with Crippen LogP contribution in [0.25, 0.3) is 32.3 Å². The Morgan fingerprint density at radius 3 is 0.676 bits per heavy atom. The van der Waals surface area contributed by atoms with Gasteiger partial charge in [-0.05, 0) is 101 Å². The first kappa shape index (κ1) is 25.0. The Bertz CT molecular complexity index is 1150. The molecule has 0 fully saturated rings. The zero-order valence-corrected chi connectivity index (χ0v) is 23.8. The van der Waals surface area contributed by atoms with Crippen LogP contribution in [0.3, 0.4) is 0 Å². The monoisotopic (exact) mass is 454 g/mol. The average Bonchev–Trinajstić information content (AvgIpc) is 2.74. The highest BCUT2D eigenvalue weighted by molar-refractivity contribution is 6.27. The lowest BCUT2D eigenvalue weighted by Gasteiger charge is -2.30. The van der Waals surface area contributed by atoms with Gasteiger partial charge in [-0.15, -0.1) is 0 Å². The summed E-state index contributed by atoms with van der Waals surface area (Å²) < 4.78 is 0. The molecular weight excluding hydrogens is 408 g/mol. The SMILES string of the molecule is CC(C)c1cc2c(C(C)C)c(C(C)C)c3cc(C(C)C)cc4c(C(C)C)c(C(C)C)c(c1)c2c34. The van der Waals surface area contributed by atoms with Crippen molar-refractivity contribution >= 4 is 32.3 Å². The minimum Gasteiger partial charge on any atom is -0.0587 e. The first-order valence-corrected chi connectivity index (χ1v) is 13.7. The van der Waals surface area contributed by atoms with Gasteiger partial charge in [0, 0.05) is 0 Å². The Balaban J connectivity index is 2.49. The summed E-state index contributed by atoms with van der Waals surface area (Å²) in [6, 6.07) is 10.2. The molecule has 0 aliphatic carbocycles. The Morgan fingerprint density at radius 2 is 0.529 bits per heavy atom. The number of hydrogen-bond acceptors (Lipinski definition) is 0. The lowest BCUT2D eigenvalue weighted by molar-refractivity contribution is 0.798. The lowest BCUT2D eigenvalue weighted by atomic mass is 9.74. The van der Waals surface area contributed by atoms with Crippen molar-refractivity contribution < 1.29 is 0 Å². The molecule has 0 heterocycles. The largest absolute Gasteiger partial charge is 0.0587 e.